The number of hydrogen-bond donors (Lipinski definition) is 1. The molecule has 1 aromatic carbocycles. The van der Waals surface area contributed by atoms with Crippen molar-refractivity contribution in [3.63, 3.8) is 0 Å². The fourth-order valence-corrected chi connectivity index (χ4v) is 2.56. The molecule has 0 saturated carbocycles. The Hall–Kier alpha value is -0.830. The molecule has 0 saturated heterocycles. The highest BCUT2D eigenvalue weighted by atomic mass is 79.9. The van der Waals surface area contributed by atoms with Crippen molar-refractivity contribution in [2.45, 2.75) is 52.4 Å². The van der Waals surface area contributed by atoms with Crippen LogP contribution in [0.5, 0.6) is 5.75 Å². The molecule has 1 aromatic rings. The van der Waals surface area contributed by atoms with Crippen molar-refractivity contribution >= 4 is 21.7 Å². The number of carbonyl (C=O) groups is 1. The Morgan fingerprint density at radius 3 is 2.53 bits per heavy atom. The number of unbranched alkanes of at least 4 members (excludes halogenated alkanes) is 2. The van der Waals surface area contributed by atoms with Crippen molar-refractivity contribution in [2.75, 3.05) is 5.33 Å². The molecule has 0 bridgehead atoms. The zero-order valence-corrected chi connectivity index (χ0v) is 13.6. The summed E-state index contributed by atoms with van der Waals surface area (Å²) < 4.78 is 0. The van der Waals surface area contributed by atoms with Gasteiger partial charge in [-0.25, -0.2) is 0 Å². The number of aromatic hydroxyl groups is 1. The molecule has 0 fully saturated rings. The van der Waals surface area contributed by atoms with Crippen LogP contribution in [0.4, 0.5) is 0 Å². The summed E-state index contributed by atoms with van der Waals surface area (Å²) in [6.07, 6.45) is 3.71. The lowest BCUT2D eigenvalue weighted by Crippen LogP contribution is -2.04. The minimum Gasteiger partial charge on any atom is -0.508 e. The first kappa shape index (κ1) is 16.2. The summed E-state index contributed by atoms with van der Waals surface area (Å²) in [5, 5.41) is 10.9. The molecule has 0 amide bonds. The first-order chi connectivity index (χ1) is 8.97. The number of ketones is 1. The Morgan fingerprint density at radius 2 is 1.95 bits per heavy atom. The Labute approximate surface area is 124 Å². The third-order valence-electron chi connectivity index (χ3n) is 3.33. The molecule has 0 radical (unpaired) electrons. The van der Waals surface area contributed by atoms with E-state index in [1.807, 2.05) is 26.8 Å². The van der Waals surface area contributed by atoms with E-state index in [1.54, 1.807) is 6.07 Å². The van der Waals surface area contributed by atoms with Crippen LogP contribution in [0.25, 0.3) is 0 Å². The summed E-state index contributed by atoms with van der Waals surface area (Å²) in [5.41, 5.74) is 2.49. The lowest BCUT2D eigenvalue weighted by Gasteiger charge is -2.13. The molecule has 0 aliphatic carbocycles. The van der Waals surface area contributed by atoms with Gasteiger partial charge in [-0.15, -0.1) is 0 Å². The van der Waals surface area contributed by atoms with Gasteiger partial charge in [0.05, 0.1) is 0 Å². The Morgan fingerprint density at radius 1 is 1.26 bits per heavy atom. The van der Waals surface area contributed by atoms with Crippen LogP contribution in [-0.4, -0.2) is 16.2 Å². The normalized spacial score (nSPS) is 11.0. The smallest absolute Gasteiger partial charge is 0.163 e. The number of halogens is 1. The number of aryl methyl sites for hydroxylation is 1. The molecule has 2 nitrogen and oxygen atoms in total. The van der Waals surface area contributed by atoms with Crippen molar-refractivity contribution in [1.82, 2.24) is 0 Å². The van der Waals surface area contributed by atoms with E-state index in [0.29, 0.717) is 12.2 Å². The minimum absolute atomic E-state index is 0.189. The maximum atomic E-state index is 12.2. The molecule has 0 atom stereocenters. The zero-order valence-electron chi connectivity index (χ0n) is 12.0. The number of phenolic OH excluding ortho intramolecular Hbond substituents is 1. The summed E-state index contributed by atoms with van der Waals surface area (Å²) in [6, 6.07) is 3.57. The highest BCUT2D eigenvalue weighted by Gasteiger charge is 2.14. The van der Waals surface area contributed by atoms with Gasteiger partial charge < -0.3 is 5.11 Å². The lowest BCUT2D eigenvalue weighted by atomic mass is 9.93. The van der Waals surface area contributed by atoms with Gasteiger partial charge in [0.1, 0.15) is 5.75 Å². The number of rotatable bonds is 7. The fraction of sp³-hybridized carbons (Fsp3) is 0.562. The maximum absolute atomic E-state index is 12.2. The van der Waals surface area contributed by atoms with E-state index in [1.165, 1.54) is 0 Å². The van der Waals surface area contributed by atoms with Crippen molar-refractivity contribution in [3.8, 4) is 5.75 Å². The number of carbonyl (C=O) groups excluding carboxylic acids is 1. The summed E-state index contributed by atoms with van der Waals surface area (Å²) in [4.78, 5) is 12.2. The van der Waals surface area contributed by atoms with Gasteiger partial charge >= 0.3 is 0 Å². The van der Waals surface area contributed by atoms with Gasteiger partial charge in [0.15, 0.2) is 5.78 Å². The van der Waals surface area contributed by atoms with Crippen LogP contribution in [0.2, 0.25) is 0 Å². The largest absolute Gasteiger partial charge is 0.508 e. The second-order valence-corrected chi connectivity index (χ2v) is 6.10. The molecule has 0 unspecified atom stereocenters. The van der Waals surface area contributed by atoms with Gasteiger partial charge in [-0.2, -0.15) is 0 Å². The quantitative estimate of drug-likeness (QED) is 0.436. The molecule has 0 aliphatic heterocycles. The second-order valence-electron chi connectivity index (χ2n) is 5.30. The second kappa shape index (κ2) is 7.68. The molecular weight excluding hydrogens is 304 g/mol. The summed E-state index contributed by atoms with van der Waals surface area (Å²) in [5.74, 6) is 0.706. The molecule has 0 heterocycles. The van der Waals surface area contributed by atoms with E-state index in [2.05, 4.69) is 15.9 Å². The Kier molecular flexibility index (Phi) is 6.56. The van der Waals surface area contributed by atoms with Crippen LogP contribution in [0.1, 0.15) is 66.9 Å². The summed E-state index contributed by atoms with van der Waals surface area (Å²) in [6.45, 7) is 5.93. The first-order valence-electron chi connectivity index (χ1n) is 6.90. The molecule has 19 heavy (non-hydrogen) atoms. The predicted octanol–water partition coefficient (Wildman–Crippen LogP) is 4.96. The third kappa shape index (κ3) is 4.64. The van der Waals surface area contributed by atoms with E-state index < -0.39 is 0 Å². The average Bonchev–Trinajstić information content (AvgIpc) is 2.34. The third-order valence-corrected chi connectivity index (χ3v) is 3.89. The van der Waals surface area contributed by atoms with E-state index in [-0.39, 0.29) is 11.7 Å². The number of benzene rings is 1. The highest BCUT2D eigenvalue weighted by Crippen LogP contribution is 2.29. The van der Waals surface area contributed by atoms with Crippen LogP contribution < -0.4 is 0 Å². The maximum Gasteiger partial charge on any atom is 0.163 e. The molecule has 0 spiro atoms. The van der Waals surface area contributed by atoms with Crippen molar-refractivity contribution in [3.05, 3.63) is 28.8 Å². The standard InChI is InChI=1S/C16H23BrO2/c1-11(2)13-10-14(12(3)9-16(13)19)15(18)7-5-4-6-8-17/h9-11,19H,4-8H2,1-3H3. The van der Waals surface area contributed by atoms with Gasteiger partial charge in [0.2, 0.25) is 0 Å². The Bertz CT molecular complexity index is 439. The van der Waals surface area contributed by atoms with Gasteiger partial charge in [0, 0.05) is 17.3 Å². The van der Waals surface area contributed by atoms with Gasteiger partial charge in [-0.1, -0.05) is 36.2 Å². The fourth-order valence-electron chi connectivity index (χ4n) is 2.16. The zero-order chi connectivity index (χ0) is 14.4. The number of hydrogen-bond acceptors (Lipinski definition) is 2. The highest BCUT2D eigenvalue weighted by molar-refractivity contribution is 9.09. The summed E-state index contributed by atoms with van der Waals surface area (Å²) in [7, 11) is 0. The molecule has 106 valence electrons. The predicted molar refractivity (Wildman–Crippen MR) is 83.5 cm³/mol. The minimum atomic E-state index is 0.189. The number of Topliss-reactive ketones (excluding diaryl/α,β-unsaturated/α-hetero) is 1. The van der Waals surface area contributed by atoms with Gasteiger partial charge in [-0.05, 0) is 48.9 Å². The van der Waals surface area contributed by atoms with Crippen LogP contribution in [0.3, 0.4) is 0 Å². The van der Waals surface area contributed by atoms with Crippen LogP contribution in [0.15, 0.2) is 12.1 Å². The van der Waals surface area contributed by atoms with E-state index in [4.69, 9.17) is 0 Å². The number of alkyl halides is 1. The van der Waals surface area contributed by atoms with E-state index in [0.717, 1.165) is 41.3 Å². The van der Waals surface area contributed by atoms with Crippen molar-refractivity contribution in [1.29, 1.82) is 0 Å². The summed E-state index contributed by atoms with van der Waals surface area (Å²) >= 11 is 3.39. The van der Waals surface area contributed by atoms with E-state index in [9.17, 15) is 9.90 Å². The van der Waals surface area contributed by atoms with Crippen molar-refractivity contribution in [2.24, 2.45) is 0 Å². The van der Waals surface area contributed by atoms with Crippen molar-refractivity contribution < 1.29 is 9.90 Å². The SMILES string of the molecule is Cc1cc(O)c(C(C)C)cc1C(=O)CCCCCBr. The van der Waals surface area contributed by atoms with E-state index >= 15 is 0 Å². The lowest BCUT2D eigenvalue weighted by molar-refractivity contribution is 0.0978. The van der Waals surface area contributed by atoms with Gasteiger partial charge in [-0.3, -0.25) is 4.79 Å². The average molecular weight is 327 g/mol. The molecule has 1 rings (SSSR count). The van der Waals surface area contributed by atoms with Crippen LogP contribution in [-0.2, 0) is 0 Å². The molecule has 0 aliphatic rings. The Balaban J connectivity index is 2.81. The van der Waals surface area contributed by atoms with Crippen LogP contribution >= 0.6 is 15.9 Å². The molecular formula is C16H23BrO2. The first-order valence-corrected chi connectivity index (χ1v) is 8.02. The van der Waals surface area contributed by atoms with Gasteiger partial charge in [0.25, 0.3) is 0 Å². The molecule has 0 aromatic heterocycles. The van der Waals surface area contributed by atoms with Crippen LogP contribution in [0, 0.1) is 6.92 Å². The monoisotopic (exact) mass is 326 g/mol. The molecule has 1 N–H and O–H groups in total. The molecule has 3 heteroatoms. The topological polar surface area (TPSA) is 37.3 Å². The number of phenols is 1.